The number of aliphatic imine (C=N–C) groups is 1. The number of aromatic nitrogens is 2. The zero-order valence-corrected chi connectivity index (χ0v) is 19.1. The summed E-state index contributed by atoms with van der Waals surface area (Å²) in [6.45, 7) is 4.10. The second-order valence-corrected chi connectivity index (χ2v) is 6.98. The molecule has 2 heterocycles. The molecule has 0 aliphatic carbocycles. The highest BCUT2D eigenvalue weighted by Crippen LogP contribution is 2.21. The summed E-state index contributed by atoms with van der Waals surface area (Å²) in [7, 11) is 1.80. The molecule has 1 N–H and O–H groups in total. The van der Waals surface area contributed by atoms with E-state index in [1.165, 1.54) is 0 Å². The van der Waals surface area contributed by atoms with E-state index in [1.807, 2.05) is 24.3 Å². The molecule has 3 rings (SSSR count). The van der Waals surface area contributed by atoms with Gasteiger partial charge in [0.2, 0.25) is 5.95 Å². The molecule has 0 radical (unpaired) electrons. The number of nitrogens with zero attached hydrogens (tertiary/aromatic N) is 5. The van der Waals surface area contributed by atoms with Crippen LogP contribution in [0.2, 0.25) is 5.02 Å². The van der Waals surface area contributed by atoms with Crippen LogP contribution in [0.4, 0.5) is 5.95 Å². The molecule has 0 unspecified atom stereocenters. The smallest absolute Gasteiger partial charge is 0.225 e. The van der Waals surface area contributed by atoms with Crippen LogP contribution >= 0.6 is 51.5 Å². The van der Waals surface area contributed by atoms with E-state index in [4.69, 9.17) is 11.6 Å². The van der Waals surface area contributed by atoms with E-state index >= 15 is 0 Å². The highest BCUT2D eigenvalue weighted by molar-refractivity contribution is 14.0. The molecule has 6 nitrogen and oxygen atoms in total. The highest BCUT2D eigenvalue weighted by atomic mass is 127. The van der Waals surface area contributed by atoms with Gasteiger partial charge in [-0.3, -0.25) is 4.99 Å². The number of anilines is 1. The van der Waals surface area contributed by atoms with E-state index < -0.39 is 0 Å². The van der Waals surface area contributed by atoms with Crippen LogP contribution in [0.1, 0.15) is 5.56 Å². The van der Waals surface area contributed by atoms with Crippen LogP contribution in [0.15, 0.2) is 46.1 Å². The normalized spacial score (nSPS) is 14.8. The van der Waals surface area contributed by atoms with Gasteiger partial charge in [0, 0.05) is 61.7 Å². The molecular formula is C17H21BrClIN6. The van der Waals surface area contributed by atoms with E-state index in [2.05, 4.69) is 46.0 Å². The number of hydrogen-bond acceptors (Lipinski definition) is 4. The second kappa shape index (κ2) is 10.3. The zero-order valence-electron chi connectivity index (χ0n) is 14.4. The van der Waals surface area contributed by atoms with Crippen molar-refractivity contribution in [2.24, 2.45) is 4.99 Å². The number of rotatable bonds is 3. The van der Waals surface area contributed by atoms with Crippen molar-refractivity contribution in [2.45, 2.75) is 6.54 Å². The van der Waals surface area contributed by atoms with Gasteiger partial charge in [-0.25, -0.2) is 9.97 Å². The molecule has 1 fully saturated rings. The number of hydrogen-bond donors (Lipinski definition) is 1. The fraction of sp³-hybridized carbons (Fsp3) is 0.353. The van der Waals surface area contributed by atoms with Crippen LogP contribution in [0.5, 0.6) is 0 Å². The van der Waals surface area contributed by atoms with Crippen LogP contribution in [-0.4, -0.2) is 54.1 Å². The quantitative estimate of drug-likeness (QED) is 0.360. The molecule has 1 aromatic carbocycles. The average Bonchev–Trinajstić information content (AvgIpc) is 2.65. The van der Waals surface area contributed by atoms with Gasteiger partial charge in [0.15, 0.2) is 5.96 Å². The Bertz CT molecular complexity index is 737. The maximum Gasteiger partial charge on any atom is 0.225 e. The van der Waals surface area contributed by atoms with Crippen molar-refractivity contribution in [2.75, 3.05) is 38.1 Å². The van der Waals surface area contributed by atoms with Gasteiger partial charge in [-0.1, -0.05) is 33.6 Å². The van der Waals surface area contributed by atoms with Gasteiger partial charge in [0.25, 0.3) is 0 Å². The van der Waals surface area contributed by atoms with Crippen LogP contribution in [-0.2, 0) is 6.54 Å². The lowest BCUT2D eigenvalue weighted by atomic mass is 10.2. The Hall–Kier alpha value is -1.13. The van der Waals surface area contributed by atoms with Gasteiger partial charge in [0.05, 0.1) is 0 Å². The van der Waals surface area contributed by atoms with E-state index in [-0.39, 0.29) is 24.0 Å². The van der Waals surface area contributed by atoms with Gasteiger partial charge in [-0.2, -0.15) is 0 Å². The summed E-state index contributed by atoms with van der Waals surface area (Å²) in [5.41, 5.74) is 1.04. The maximum absolute atomic E-state index is 6.28. The summed E-state index contributed by atoms with van der Waals surface area (Å²) in [5.74, 6) is 1.67. The Balaban J connectivity index is 0.00000243. The Morgan fingerprint density at radius 3 is 2.54 bits per heavy atom. The third-order valence-electron chi connectivity index (χ3n) is 4.08. The Morgan fingerprint density at radius 2 is 1.92 bits per heavy atom. The molecule has 2 aromatic rings. The van der Waals surface area contributed by atoms with E-state index in [0.29, 0.717) is 6.54 Å². The minimum absolute atomic E-state index is 0. The molecule has 0 saturated carbocycles. The van der Waals surface area contributed by atoms with Crippen molar-refractivity contribution < 1.29 is 0 Å². The first-order chi connectivity index (χ1) is 12.2. The number of piperazine rings is 1. The van der Waals surface area contributed by atoms with Crippen LogP contribution in [0.3, 0.4) is 0 Å². The lowest BCUT2D eigenvalue weighted by molar-refractivity contribution is 0.370. The largest absolute Gasteiger partial charge is 0.352 e. The standard InChI is InChI=1S/C17H20BrClN6.HI/c1-20-16(23-12-13-3-4-14(18)11-15(13)19)24-7-9-25(10-8-24)17-21-5-2-6-22-17;/h2-6,11H,7-10,12H2,1H3,(H,20,23);1H. The molecule has 0 atom stereocenters. The predicted octanol–water partition coefficient (Wildman–Crippen LogP) is 3.41. The first-order valence-electron chi connectivity index (χ1n) is 8.09. The van der Waals surface area contributed by atoms with Crippen molar-refractivity contribution in [1.29, 1.82) is 0 Å². The van der Waals surface area contributed by atoms with Crippen molar-refractivity contribution in [3.8, 4) is 0 Å². The fourth-order valence-electron chi connectivity index (χ4n) is 2.74. The summed E-state index contributed by atoms with van der Waals surface area (Å²) >= 11 is 9.71. The molecule has 1 aliphatic rings. The van der Waals surface area contributed by atoms with Gasteiger partial charge in [-0.15, -0.1) is 24.0 Å². The molecule has 0 spiro atoms. The first kappa shape index (κ1) is 21.2. The van der Waals surface area contributed by atoms with Crippen LogP contribution in [0.25, 0.3) is 0 Å². The minimum Gasteiger partial charge on any atom is -0.352 e. The Kier molecular flexibility index (Phi) is 8.36. The van der Waals surface area contributed by atoms with Crippen molar-refractivity contribution in [3.05, 3.63) is 51.7 Å². The van der Waals surface area contributed by atoms with Crippen molar-refractivity contribution in [3.63, 3.8) is 0 Å². The van der Waals surface area contributed by atoms with Crippen LogP contribution < -0.4 is 10.2 Å². The van der Waals surface area contributed by atoms with Crippen LogP contribution in [0, 0.1) is 0 Å². The molecule has 0 bridgehead atoms. The third-order valence-corrected chi connectivity index (χ3v) is 4.92. The molecule has 1 saturated heterocycles. The number of halogens is 3. The molecule has 0 amide bonds. The number of guanidine groups is 1. The summed E-state index contributed by atoms with van der Waals surface area (Å²) < 4.78 is 0.977. The zero-order chi connectivity index (χ0) is 17.6. The molecule has 1 aliphatic heterocycles. The SMILES string of the molecule is CN=C(NCc1ccc(Br)cc1Cl)N1CCN(c2ncccn2)CC1.I. The minimum atomic E-state index is 0. The molecule has 1 aromatic heterocycles. The van der Waals surface area contributed by atoms with Gasteiger partial charge in [-0.05, 0) is 23.8 Å². The lowest BCUT2D eigenvalue weighted by Crippen LogP contribution is -2.52. The topological polar surface area (TPSA) is 56.7 Å². The maximum atomic E-state index is 6.28. The van der Waals surface area contributed by atoms with E-state index in [9.17, 15) is 0 Å². The summed E-state index contributed by atoms with van der Waals surface area (Å²) in [6.07, 6.45) is 3.55. The third kappa shape index (κ3) is 5.43. The van der Waals surface area contributed by atoms with Gasteiger partial charge in [0.1, 0.15) is 0 Å². The monoisotopic (exact) mass is 550 g/mol. The number of benzene rings is 1. The summed E-state index contributed by atoms with van der Waals surface area (Å²) in [5, 5.41) is 4.14. The highest BCUT2D eigenvalue weighted by Gasteiger charge is 2.21. The Labute approximate surface area is 184 Å². The van der Waals surface area contributed by atoms with Crippen molar-refractivity contribution >= 4 is 63.4 Å². The van der Waals surface area contributed by atoms with E-state index in [0.717, 1.165) is 53.1 Å². The first-order valence-corrected chi connectivity index (χ1v) is 9.26. The van der Waals surface area contributed by atoms with Gasteiger partial charge < -0.3 is 15.1 Å². The summed E-state index contributed by atoms with van der Waals surface area (Å²) in [4.78, 5) is 17.5. The molecule has 140 valence electrons. The molecule has 9 heteroatoms. The number of nitrogens with one attached hydrogen (secondary N) is 1. The van der Waals surface area contributed by atoms with Crippen molar-refractivity contribution in [1.82, 2.24) is 20.2 Å². The average molecular weight is 552 g/mol. The molecule has 26 heavy (non-hydrogen) atoms. The van der Waals surface area contributed by atoms with E-state index in [1.54, 1.807) is 19.4 Å². The predicted molar refractivity (Wildman–Crippen MR) is 121 cm³/mol. The fourth-order valence-corrected chi connectivity index (χ4v) is 3.48. The van der Waals surface area contributed by atoms with Gasteiger partial charge >= 0.3 is 0 Å². The lowest BCUT2D eigenvalue weighted by Gasteiger charge is -2.36. The Morgan fingerprint density at radius 1 is 1.23 bits per heavy atom. The molecular weight excluding hydrogens is 530 g/mol. The second-order valence-electron chi connectivity index (χ2n) is 5.66. The summed E-state index contributed by atoms with van der Waals surface area (Å²) in [6, 6.07) is 7.74.